The number of phenols is 3. The van der Waals surface area contributed by atoms with E-state index in [9.17, 15) is 45.6 Å². The lowest BCUT2D eigenvalue weighted by Crippen LogP contribution is -2.56. The van der Waals surface area contributed by atoms with Crippen molar-refractivity contribution in [1.82, 2.24) is 0 Å². The standard InChI is InChI=1S/C25H26O14/c26-7-15-18(32)23(39-24-20(34)17(31)13(30)8-35-24)25(37-15)38-22-19(33)16-12(29)5-11(28)6-14(16)36-21(22)9-1-3-10(27)4-2-9/h1-6,13,15,17-18,20,23-32,34H,7-8H2/t13-,15+,17-,18-,20-,23+,24+,25-/m1/s1. The van der Waals surface area contributed by atoms with Gasteiger partial charge in [0.2, 0.25) is 17.5 Å². The molecule has 210 valence electrons. The molecule has 0 aliphatic carbocycles. The number of hydrogen-bond donors (Lipinski definition) is 8. The molecule has 2 aliphatic rings. The van der Waals surface area contributed by atoms with Gasteiger partial charge in [0.25, 0.3) is 0 Å². The molecule has 0 radical (unpaired) electrons. The summed E-state index contributed by atoms with van der Waals surface area (Å²) in [5, 5.41) is 80.0. The second kappa shape index (κ2) is 10.6. The summed E-state index contributed by atoms with van der Waals surface area (Å²) in [6, 6.07) is 7.47. The number of fused-ring (bicyclic) bond motifs is 1. The Labute approximate surface area is 219 Å². The Morgan fingerprint density at radius 1 is 0.897 bits per heavy atom. The maximum Gasteiger partial charge on any atom is 0.239 e. The Morgan fingerprint density at radius 3 is 2.31 bits per heavy atom. The fraction of sp³-hybridized carbons (Fsp3) is 0.400. The third kappa shape index (κ3) is 4.99. The molecule has 14 heteroatoms. The third-order valence-corrected chi connectivity index (χ3v) is 6.50. The smallest absolute Gasteiger partial charge is 0.239 e. The van der Waals surface area contributed by atoms with Gasteiger partial charge in [-0.15, -0.1) is 0 Å². The number of hydrogen-bond acceptors (Lipinski definition) is 14. The first-order valence-electron chi connectivity index (χ1n) is 11.8. The van der Waals surface area contributed by atoms with Crippen molar-refractivity contribution in [3.05, 3.63) is 46.6 Å². The average molecular weight is 550 g/mol. The van der Waals surface area contributed by atoms with Crippen molar-refractivity contribution in [3.63, 3.8) is 0 Å². The van der Waals surface area contributed by atoms with Crippen LogP contribution in [0, 0.1) is 0 Å². The molecular formula is C25H26O14. The molecule has 2 fully saturated rings. The first kappa shape index (κ1) is 27.1. The number of benzene rings is 2. The lowest BCUT2D eigenvalue weighted by molar-refractivity contribution is -0.298. The molecule has 0 spiro atoms. The highest BCUT2D eigenvalue weighted by molar-refractivity contribution is 5.88. The zero-order valence-corrected chi connectivity index (χ0v) is 20.0. The van der Waals surface area contributed by atoms with Gasteiger partial charge in [-0.25, -0.2) is 0 Å². The molecule has 2 aromatic carbocycles. The van der Waals surface area contributed by atoms with E-state index in [1.807, 2.05) is 0 Å². The first-order valence-corrected chi connectivity index (χ1v) is 11.8. The van der Waals surface area contributed by atoms with Gasteiger partial charge >= 0.3 is 0 Å². The molecule has 0 unspecified atom stereocenters. The summed E-state index contributed by atoms with van der Waals surface area (Å²) >= 11 is 0. The maximum atomic E-state index is 13.6. The van der Waals surface area contributed by atoms with Gasteiger partial charge in [-0.2, -0.15) is 0 Å². The quantitative estimate of drug-likeness (QED) is 0.181. The Kier molecular flexibility index (Phi) is 7.37. The summed E-state index contributed by atoms with van der Waals surface area (Å²) in [6.45, 7) is -1.08. The monoisotopic (exact) mass is 550 g/mol. The predicted octanol–water partition coefficient (Wildman–Crippen LogP) is -1.14. The van der Waals surface area contributed by atoms with Crippen LogP contribution in [0.4, 0.5) is 0 Å². The van der Waals surface area contributed by atoms with Crippen LogP contribution in [0.3, 0.4) is 0 Å². The molecule has 39 heavy (non-hydrogen) atoms. The van der Waals surface area contributed by atoms with E-state index in [-0.39, 0.29) is 33.8 Å². The molecule has 8 N–H and O–H groups in total. The fourth-order valence-corrected chi connectivity index (χ4v) is 4.44. The van der Waals surface area contributed by atoms with Gasteiger partial charge in [0.05, 0.1) is 13.2 Å². The van der Waals surface area contributed by atoms with Crippen molar-refractivity contribution >= 4 is 11.0 Å². The van der Waals surface area contributed by atoms with E-state index in [4.69, 9.17) is 23.4 Å². The van der Waals surface area contributed by atoms with Gasteiger partial charge in [0, 0.05) is 17.7 Å². The minimum absolute atomic E-state index is 0.0838. The highest BCUT2D eigenvalue weighted by Gasteiger charge is 2.50. The molecule has 2 saturated heterocycles. The summed E-state index contributed by atoms with van der Waals surface area (Å²) in [4.78, 5) is 13.6. The van der Waals surface area contributed by atoms with E-state index < -0.39 is 79.3 Å². The lowest BCUT2D eigenvalue weighted by atomic mass is 10.1. The molecule has 1 aromatic heterocycles. The molecule has 0 saturated carbocycles. The van der Waals surface area contributed by atoms with Crippen LogP contribution in [0.5, 0.6) is 23.0 Å². The van der Waals surface area contributed by atoms with Crippen LogP contribution < -0.4 is 10.2 Å². The SMILES string of the molecule is O=c1c(O[C@H]2O[C@@H](CO)[C@@H](O)[C@@H]2O[C@@H]2OC[C@@H](O)[C@@H](O)[C@H]2O)c(-c2ccc(O)cc2)oc2cc(O)cc(O)c12. The maximum absolute atomic E-state index is 13.6. The van der Waals surface area contributed by atoms with Crippen molar-refractivity contribution in [2.45, 2.75) is 49.2 Å². The Hall–Kier alpha value is -3.47. The molecule has 5 rings (SSSR count). The Morgan fingerprint density at radius 2 is 1.62 bits per heavy atom. The molecule has 3 heterocycles. The minimum atomic E-state index is -1.72. The summed E-state index contributed by atoms with van der Waals surface area (Å²) in [6.07, 6.45) is -12.2. The molecular weight excluding hydrogens is 524 g/mol. The van der Waals surface area contributed by atoms with Gasteiger partial charge in [-0.1, -0.05) is 0 Å². The number of ether oxygens (including phenoxy) is 4. The number of aliphatic hydroxyl groups excluding tert-OH is 5. The van der Waals surface area contributed by atoms with Gasteiger partial charge in [0.15, 0.2) is 18.2 Å². The molecule has 14 nitrogen and oxygen atoms in total. The van der Waals surface area contributed by atoms with Crippen molar-refractivity contribution in [1.29, 1.82) is 0 Å². The second-order valence-corrected chi connectivity index (χ2v) is 9.16. The molecule has 0 amide bonds. The average Bonchev–Trinajstić information content (AvgIpc) is 3.19. The van der Waals surface area contributed by atoms with E-state index in [2.05, 4.69) is 0 Å². The largest absolute Gasteiger partial charge is 0.508 e. The van der Waals surface area contributed by atoms with Crippen LogP contribution >= 0.6 is 0 Å². The van der Waals surface area contributed by atoms with E-state index in [0.717, 1.165) is 12.1 Å². The number of phenolic OH excluding ortho intramolecular Hbond substituents is 3. The second-order valence-electron chi connectivity index (χ2n) is 9.16. The summed E-state index contributed by atoms with van der Waals surface area (Å²) in [5.74, 6) is -1.79. The molecule has 0 bridgehead atoms. The Balaban J connectivity index is 1.57. The Bertz CT molecular complexity index is 1390. The van der Waals surface area contributed by atoms with Crippen LogP contribution in [0.2, 0.25) is 0 Å². The highest BCUT2D eigenvalue weighted by atomic mass is 16.8. The number of aliphatic hydroxyl groups is 5. The minimum Gasteiger partial charge on any atom is -0.508 e. The van der Waals surface area contributed by atoms with Crippen LogP contribution in [0.15, 0.2) is 45.6 Å². The van der Waals surface area contributed by atoms with Crippen LogP contribution in [-0.4, -0.2) is 103 Å². The molecule has 3 aromatic rings. The summed E-state index contributed by atoms with van der Waals surface area (Å²) < 4.78 is 28.1. The van der Waals surface area contributed by atoms with Crippen LogP contribution in [0.1, 0.15) is 0 Å². The van der Waals surface area contributed by atoms with E-state index in [1.165, 1.54) is 24.3 Å². The first-order chi connectivity index (χ1) is 18.6. The number of rotatable bonds is 6. The molecule has 2 aliphatic heterocycles. The normalized spacial score (nSPS) is 31.0. The van der Waals surface area contributed by atoms with Crippen LogP contribution in [0.25, 0.3) is 22.3 Å². The van der Waals surface area contributed by atoms with Crippen molar-refractivity contribution in [3.8, 4) is 34.3 Å². The van der Waals surface area contributed by atoms with Crippen molar-refractivity contribution in [2.75, 3.05) is 13.2 Å². The predicted molar refractivity (Wildman–Crippen MR) is 128 cm³/mol. The van der Waals surface area contributed by atoms with Gasteiger partial charge in [-0.3, -0.25) is 4.79 Å². The van der Waals surface area contributed by atoms with Crippen molar-refractivity contribution < 1.29 is 64.2 Å². The summed E-state index contributed by atoms with van der Waals surface area (Å²) in [7, 11) is 0. The van der Waals surface area contributed by atoms with Crippen LogP contribution in [-0.2, 0) is 14.2 Å². The van der Waals surface area contributed by atoms with Gasteiger partial charge in [-0.05, 0) is 24.3 Å². The van der Waals surface area contributed by atoms with Crippen molar-refractivity contribution in [2.24, 2.45) is 0 Å². The number of aromatic hydroxyl groups is 3. The zero-order valence-electron chi connectivity index (χ0n) is 20.0. The fourth-order valence-electron chi connectivity index (χ4n) is 4.44. The van der Waals surface area contributed by atoms with Gasteiger partial charge < -0.3 is 64.2 Å². The highest BCUT2D eigenvalue weighted by Crippen LogP contribution is 2.38. The van der Waals surface area contributed by atoms with E-state index in [1.54, 1.807) is 0 Å². The summed E-state index contributed by atoms with van der Waals surface area (Å²) in [5.41, 5.74) is -0.844. The van der Waals surface area contributed by atoms with E-state index in [0.29, 0.717) is 0 Å². The third-order valence-electron chi connectivity index (χ3n) is 6.50. The molecule has 8 atom stereocenters. The zero-order chi connectivity index (χ0) is 28.0. The lowest BCUT2D eigenvalue weighted by Gasteiger charge is -2.37. The topological polar surface area (TPSA) is 229 Å². The van der Waals surface area contributed by atoms with Gasteiger partial charge in [0.1, 0.15) is 58.7 Å². The van der Waals surface area contributed by atoms with E-state index >= 15 is 0 Å².